The second kappa shape index (κ2) is 6.18. The van der Waals surface area contributed by atoms with Gasteiger partial charge in [0.2, 0.25) is 0 Å². The molecular weight excluding hydrogens is 240 g/mol. The molecule has 0 saturated carbocycles. The Morgan fingerprint density at radius 2 is 2.25 bits per heavy atom. The van der Waals surface area contributed by atoms with Crippen LogP contribution in [0.4, 0.5) is 0 Å². The molecule has 0 fully saturated rings. The summed E-state index contributed by atoms with van der Waals surface area (Å²) < 4.78 is 0. The summed E-state index contributed by atoms with van der Waals surface area (Å²) in [5.74, 6) is 0. The average molecular weight is 257 g/mol. The summed E-state index contributed by atoms with van der Waals surface area (Å²) >= 11 is 10.8. The zero-order chi connectivity index (χ0) is 12.1. The monoisotopic (exact) mass is 256 g/mol. The maximum Gasteiger partial charge on any atom is 0.0740 e. The van der Waals surface area contributed by atoms with Gasteiger partial charge in [-0.15, -0.1) is 0 Å². The van der Waals surface area contributed by atoms with Crippen LogP contribution in [0.5, 0.6) is 0 Å². The Morgan fingerprint density at radius 1 is 1.56 bits per heavy atom. The van der Waals surface area contributed by atoms with Gasteiger partial charge in [-0.05, 0) is 31.7 Å². The summed E-state index contributed by atoms with van der Waals surface area (Å²) in [6, 6.07) is 8.23. The number of nitrogens with two attached hydrogens (primary N) is 1. The zero-order valence-corrected chi connectivity index (χ0v) is 11.2. The first-order valence-corrected chi connectivity index (χ1v) is 6.03. The fraction of sp³-hybridized carbons (Fsp3) is 0.417. The van der Waals surface area contributed by atoms with Crippen molar-refractivity contribution in [2.45, 2.75) is 19.4 Å². The fourth-order valence-electron chi connectivity index (χ4n) is 1.50. The minimum Gasteiger partial charge on any atom is -0.393 e. The molecule has 1 rings (SSSR count). The van der Waals surface area contributed by atoms with Crippen LogP contribution in [0.1, 0.15) is 24.9 Å². The van der Waals surface area contributed by atoms with Crippen LogP contribution in [0, 0.1) is 0 Å². The second-order valence-electron chi connectivity index (χ2n) is 3.93. The van der Waals surface area contributed by atoms with Gasteiger partial charge >= 0.3 is 0 Å². The lowest BCUT2D eigenvalue weighted by Gasteiger charge is -2.24. The lowest BCUT2D eigenvalue weighted by atomic mass is 10.1. The van der Waals surface area contributed by atoms with Gasteiger partial charge in [0, 0.05) is 24.0 Å². The highest BCUT2D eigenvalue weighted by Crippen LogP contribution is 2.21. The largest absolute Gasteiger partial charge is 0.393 e. The van der Waals surface area contributed by atoms with Crippen molar-refractivity contribution in [3.8, 4) is 0 Å². The molecule has 0 aliphatic rings. The van der Waals surface area contributed by atoms with Gasteiger partial charge < -0.3 is 5.73 Å². The van der Waals surface area contributed by atoms with Crippen LogP contribution in [-0.4, -0.2) is 23.5 Å². The van der Waals surface area contributed by atoms with Crippen molar-refractivity contribution in [3.05, 3.63) is 34.9 Å². The normalized spacial score (nSPS) is 12.8. The Kier molecular flexibility index (Phi) is 5.19. The molecule has 0 spiro atoms. The van der Waals surface area contributed by atoms with Crippen LogP contribution >= 0.6 is 23.8 Å². The van der Waals surface area contributed by atoms with E-state index in [0.29, 0.717) is 11.0 Å². The third kappa shape index (κ3) is 4.08. The smallest absolute Gasteiger partial charge is 0.0740 e. The summed E-state index contributed by atoms with van der Waals surface area (Å²) in [7, 11) is 2.06. The van der Waals surface area contributed by atoms with Crippen molar-refractivity contribution in [1.29, 1.82) is 0 Å². The minimum absolute atomic E-state index is 0.313. The number of benzene rings is 1. The number of thiocarbonyl (C=S) groups is 1. The Labute approximate surface area is 107 Å². The summed E-state index contributed by atoms with van der Waals surface area (Å²) in [6.07, 6.45) is 0.747. The Balaban J connectivity index is 2.62. The predicted octanol–water partition coefficient (Wildman–Crippen LogP) is 3.01. The highest BCUT2D eigenvalue weighted by molar-refractivity contribution is 7.80. The topological polar surface area (TPSA) is 29.3 Å². The second-order valence-corrected chi connectivity index (χ2v) is 4.89. The van der Waals surface area contributed by atoms with Crippen molar-refractivity contribution in [3.63, 3.8) is 0 Å². The van der Waals surface area contributed by atoms with E-state index in [1.165, 1.54) is 5.56 Å². The number of rotatable bonds is 5. The van der Waals surface area contributed by atoms with Crippen molar-refractivity contribution in [2.24, 2.45) is 5.73 Å². The summed E-state index contributed by atoms with van der Waals surface area (Å²) in [5, 5.41) is 0.770. The molecule has 0 aliphatic heterocycles. The van der Waals surface area contributed by atoms with E-state index >= 15 is 0 Å². The molecule has 88 valence electrons. The van der Waals surface area contributed by atoms with E-state index in [1.54, 1.807) is 0 Å². The first kappa shape index (κ1) is 13.4. The van der Waals surface area contributed by atoms with Crippen molar-refractivity contribution in [1.82, 2.24) is 4.90 Å². The van der Waals surface area contributed by atoms with E-state index in [4.69, 9.17) is 29.6 Å². The number of hydrogen-bond donors (Lipinski definition) is 1. The predicted molar refractivity (Wildman–Crippen MR) is 73.9 cm³/mol. The number of hydrogen-bond acceptors (Lipinski definition) is 2. The molecule has 0 radical (unpaired) electrons. The van der Waals surface area contributed by atoms with Crippen LogP contribution < -0.4 is 5.73 Å². The Morgan fingerprint density at radius 3 is 2.81 bits per heavy atom. The van der Waals surface area contributed by atoms with E-state index < -0.39 is 0 Å². The van der Waals surface area contributed by atoms with Gasteiger partial charge in [0.15, 0.2) is 0 Å². The molecule has 1 aromatic rings. The maximum atomic E-state index is 5.96. The SMILES string of the molecule is CC(c1cccc(Cl)c1)N(C)CCC(N)=S. The van der Waals surface area contributed by atoms with Crippen LogP contribution in [0.3, 0.4) is 0 Å². The molecule has 16 heavy (non-hydrogen) atoms. The molecule has 2 nitrogen and oxygen atoms in total. The van der Waals surface area contributed by atoms with E-state index in [0.717, 1.165) is 18.0 Å². The quantitative estimate of drug-likeness (QED) is 0.822. The molecule has 1 unspecified atom stereocenters. The van der Waals surface area contributed by atoms with Gasteiger partial charge in [0.25, 0.3) is 0 Å². The minimum atomic E-state index is 0.313. The highest BCUT2D eigenvalue weighted by atomic mass is 35.5. The Hall–Kier alpha value is -0.640. The van der Waals surface area contributed by atoms with E-state index in [1.807, 2.05) is 18.2 Å². The standard InChI is InChI=1S/C12H17ClN2S/c1-9(15(2)7-6-12(14)16)10-4-3-5-11(13)8-10/h3-5,8-9H,6-7H2,1-2H3,(H2,14,16). The van der Waals surface area contributed by atoms with Crippen molar-refractivity contribution in [2.75, 3.05) is 13.6 Å². The van der Waals surface area contributed by atoms with Gasteiger partial charge in [0.1, 0.15) is 0 Å². The summed E-state index contributed by atoms with van der Waals surface area (Å²) in [6.45, 7) is 3.01. The molecule has 0 saturated heterocycles. The fourth-order valence-corrected chi connectivity index (χ4v) is 1.79. The third-order valence-electron chi connectivity index (χ3n) is 2.70. The van der Waals surface area contributed by atoms with Gasteiger partial charge in [-0.2, -0.15) is 0 Å². The van der Waals surface area contributed by atoms with Crippen molar-refractivity contribution < 1.29 is 0 Å². The molecule has 1 atom stereocenters. The molecule has 4 heteroatoms. The first-order valence-electron chi connectivity index (χ1n) is 5.24. The zero-order valence-electron chi connectivity index (χ0n) is 9.61. The van der Waals surface area contributed by atoms with Crippen LogP contribution in [0.25, 0.3) is 0 Å². The van der Waals surface area contributed by atoms with Crippen LogP contribution in [0.2, 0.25) is 5.02 Å². The van der Waals surface area contributed by atoms with E-state index in [2.05, 4.69) is 24.9 Å². The van der Waals surface area contributed by atoms with E-state index in [9.17, 15) is 0 Å². The van der Waals surface area contributed by atoms with Gasteiger partial charge in [-0.1, -0.05) is 36.0 Å². The molecule has 0 aliphatic carbocycles. The Bertz CT molecular complexity index is 368. The van der Waals surface area contributed by atoms with Gasteiger partial charge in [-0.3, -0.25) is 4.90 Å². The molecule has 0 heterocycles. The lowest BCUT2D eigenvalue weighted by Crippen LogP contribution is -2.26. The third-order valence-corrected chi connectivity index (χ3v) is 3.14. The summed E-state index contributed by atoms with van der Waals surface area (Å²) in [4.78, 5) is 2.77. The molecule has 2 N–H and O–H groups in total. The maximum absolute atomic E-state index is 5.96. The highest BCUT2D eigenvalue weighted by Gasteiger charge is 2.11. The van der Waals surface area contributed by atoms with Gasteiger partial charge in [0.05, 0.1) is 4.99 Å². The molecule has 0 amide bonds. The summed E-state index contributed by atoms with van der Waals surface area (Å²) in [5.41, 5.74) is 6.69. The lowest BCUT2D eigenvalue weighted by molar-refractivity contribution is 0.269. The molecule has 1 aromatic carbocycles. The molecular formula is C12H17ClN2S. The van der Waals surface area contributed by atoms with Crippen LogP contribution in [0.15, 0.2) is 24.3 Å². The van der Waals surface area contributed by atoms with E-state index in [-0.39, 0.29) is 0 Å². The number of nitrogens with zero attached hydrogens (tertiary/aromatic N) is 1. The average Bonchev–Trinajstić information content (AvgIpc) is 2.24. The molecule has 0 bridgehead atoms. The van der Waals surface area contributed by atoms with Gasteiger partial charge in [-0.25, -0.2) is 0 Å². The van der Waals surface area contributed by atoms with Crippen molar-refractivity contribution >= 4 is 28.8 Å². The molecule has 0 aromatic heterocycles. The van der Waals surface area contributed by atoms with Crippen LogP contribution in [-0.2, 0) is 0 Å². The number of halogens is 1. The first-order chi connectivity index (χ1) is 7.50.